The van der Waals surface area contributed by atoms with Gasteiger partial charge in [0.2, 0.25) is 11.8 Å². The molecule has 11 nitrogen and oxygen atoms in total. The molecule has 2 saturated heterocycles. The van der Waals surface area contributed by atoms with Crippen molar-refractivity contribution in [2.45, 2.75) is 128 Å². The second-order valence-corrected chi connectivity index (χ2v) is 18.8. The monoisotopic (exact) mass is 807 g/mol. The molecule has 0 aromatic heterocycles. The summed E-state index contributed by atoms with van der Waals surface area (Å²) in [4.78, 5) is 57.0. The normalized spacial score (nSPS) is 31.6. The number of ether oxygens (including phenoxy) is 3. The van der Waals surface area contributed by atoms with Crippen molar-refractivity contribution in [3.05, 3.63) is 52.1 Å². The fourth-order valence-electron chi connectivity index (χ4n) is 7.22. The Balaban J connectivity index is 1.67. The average molecular weight is 809 g/mol. The number of allylic oxidation sites excluding steroid dienone is 3. The number of fused-ring (bicyclic) bond motifs is 5. The van der Waals surface area contributed by atoms with Crippen molar-refractivity contribution < 1.29 is 38.5 Å². The van der Waals surface area contributed by atoms with E-state index in [0.29, 0.717) is 34.7 Å². The van der Waals surface area contributed by atoms with Crippen LogP contribution in [0.4, 0.5) is 10.5 Å². The number of nitrogens with zero attached hydrogens (tertiary/aromatic N) is 2. The lowest BCUT2D eigenvalue weighted by Crippen LogP contribution is -2.60. The topological polar surface area (TPSA) is 138 Å². The number of alkyl carbamates (subject to hydrolysis) is 1. The van der Waals surface area contributed by atoms with Gasteiger partial charge in [0.15, 0.2) is 0 Å². The first-order valence-corrected chi connectivity index (χ1v) is 21.7. The van der Waals surface area contributed by atoms with Crippen LogP contribution in [-0.4, -0.2) is 95.2 Å². The Morgan fingerprint density at radius 2 is 1.89 bits per heavy atom. The van der Waals surface area contributed by atoms with Crippen LogP contribution in [0.3, 0.4) is 0 Å². The van der Waals surface area contributed by atoms with E-state index in [1.807, 2.05) is 64.3 Å². The predicted molar refractivity (Wildman–Crippen MR) is 216 cm³/mol. The number of rotatable bonds is 9. The number of carbonyl (C=O) groups excluding carboxylic acids is 4. The fourth-order valence-corrected chi connectivity index (χ4v) is 9.83. The van der Waals surface area contributed by atoms with Crippen LogP contribution in [0.15, 0.2) is 35.9 Å². The van der Waals surface area contributed by atoms with E-state index in [2.05, 4.69) is 19.2 Å². The van der Waals surface area contributed by atoms with Crippen molar-refractivity contribution in [3.63, 3.8) is 0 Å². The molecule has 54 heavy (non-hydrogen) atoms. The number of carbonyl (C=O) groups is 4. The largest absolute Gasteiger partial charge is 0.457 e. The van der Waals surface area contributed by atoms with Crippen LogP contribution < -0.4 is 10.2 Å². The maximum absolute atomic E-state index is 14.2. The molecule has 0 spiro atoms. The van der Waals surface area contributed by atoms with E-state index in [-0.39, 0.29) is 31.1 Å². The number of anilines is 1. The number of aryl methyl sites for hydroxylation is 1. The summed E-state index contributed by atoms with van der Waals surface area (Å²) in [6.07, 6.45) is 5.88. The van der Waals surface area contributed by atoms with Crippen molar-refractivity contribution in [3.8, 4) is 0 Å². The number of epoxide rings is 1. The zero-order valence-electron chi connectivity index (χ0n) is 33.4. The summed E-state index contributed by atoms with van der Waals surface area (Å²) in [5, 5.41) is 15.0. The Labute approximate surface area is 333 Å². The predicted octanol–water partition coefficient (Wildman–Crippen LogP) is 7.25. The number of aliphatic hydroxyl groups is 1. The van der Waals surface area contributed by atoms with Crippen LogP contribution in [0, 0.1) is 24.7 Å². The van der Waals surface area contributed by atoms with E-state index in [1.54, 1.807) is 49.5 Å². The molecule has 1 aromatic rings. The van der Waals surface area contributed by atoms with Crippen molar-refractivity contribution >= 4 is 62.8 Å². The summed E-state index contributed by atoms with van der Waals surface area (Å²) in [6, 6.07) is 2.93. The average Bonchev–Trinajstić information content (AvgIpc) is 3.80. The van der Waals surface area contributed by atoms with Gasteiger partial charge in [-0.05, 0) is 69.9 Å². The summed E-state index contributed by atoms with van der Waals surface area (Å²) >= 11 is 6.79. The first-order chi connectivity index (χ1) is 25.2. The summed E-state index contributed by atoms with van der Waals surface area (Å²) in [5.74, 6) is -1.74. The van der Waals surface area contributed by atoms with Gasteiger partial charge in [-0.1, -0.05) is 90.8 Å². The van der Waals surface area contributed by atoms with Crippen LogP contribution in [0.1, 0.15) is 85.3 Å². The first kappa shape index (κ1) is 44.0. The number of nitrogens with one attached hydrogen (secondary N) is 1. The number of esters is 1. The molecule has 0 saturated carbocycles. The van der Waals surface area contributed by atoms with Crippen LogP contribution in [0.25, 0.3) is 0 Å². The Kier molecular flexibility index (Phi) is 14.7. The summed E-state index contributed by atoms with van der Waals surface area (Å²) in [7, 11) is 6.64. The second-order valence-electron chi connectivity index (χ2n) is 15.7. The Morgan fingerprint density at radius 1 is 1.20 bits per heavy atom. The Bertz CT molecular complexity index is 1640. The second kappa shape index (κ2) is 18.0. The molecule has 0 aliphatic carbocycles. The highest BCUT2D eigenvalue weighted by Gasteiger charge is 2.64. The SMILES string of the molecule is CSSC(CCC(=O)N(C)[C@@H](C)C(=O)O[C@H]1CC(=O)N(C)c2cc(cc(C)c2Cl)C/C(C)=C/C=C/[C@@H](C)[C@@]2(O)C[C@H](OC(=O)N2)[C@@H](C)[C@@H]2O[C@@]12C)C(C)C. The van der Waals surface area contributed by atoms with Gasteiger partial charge >= 0.3 is 12.1 Å². The maximum Gasteiger partial charge on any atom is 0.409 e. The molecule has 2 N–H and O–H groups in total. The van der Waals surface area contributed by atoms with Gasteiger partial charge in [0.05, 0.1) is 23.2 Å². The minimum atomic E-state index is -1.59. The third kappa shape index (κ3) is 10.2. The molecule has 300 valence electrons. The van der Waals surface area contributed by atoms with E-state index in [1.165, 1.54) is 9.80 Å². The van der Waals surface area contributed by atoms with Crippen molar-refractivity contribution in [1.82, 2.24) is 10.2 Å². The number of amides is 3. The Hall–Kier alpha value is -2.71. The van der Waals surface area contributed by atoms with E-state index >= 15 is 0 Å². The number of benzene rings is 1. The molecule has 4 rings (SSSR count). The van der Waals surface area contributed by atoms with E-state index < -0.39 is 59.6 Å². The van der Waals surface area contributed by atoms with Gasteiger partial charge in [-0.15, -0.1) is 0 Å². The maximum atomic E-state index is 14.2. The van der Waals surface area contributed by atoms with Crippen molar-refractivity contribution in [2.75, 3.05) is 25.3 Å². The summed E-state index contributed by atoms with van der Waals surface area (Å²) < 4.78 is 18.2. The lowest BCUT2D eigenvalue weighted by Gasteiger charge is -2.41. The molecular weight excluding hydrogens is 750 g/mol. The molecule has 2 fully saturated rings. The van der Waals surface area contributed by atoms with Crippen LogP contribution in [0.2, 0.25) is 5.02 Å². The third-order valence-electron chi connectivity index (χ3n) is 11.3. The van der Waals surface area contributed by atoms with Gasteiger partial charge in [0.1, 0.15) is 29.6 Å². The van der Waals surface area contributed by atoms with Crippen LogP contribution in [0.5, 0.6) is 0 Å². The molecule has 3 heterocycles. The number of hydrogen-bond donors (Lipinski definition) is 2. The molecule has 1 unspecified atom stereocenters. The minimum absolute atomic E-state index is 0.0802. The molecule has 9 atom stereocenters. The highest BCUT2D eigenvalue weighted by atomic mass is 35.5. The Morgan fingerprint density at radius 3 is 2.54 bits per heavy atom. The van der Waals surface area contributed by atoms with E-state index in [4.69, 9.17) is 25.8 Å². The summed E-state index contributed by atoms with van der Waals surface area (Å²) in [6.45, 7) is 15.2. The van der Waals surface area contributed by atoms with Gasteiger partial charge < -0.3 is 29.1 Å². The molecular formula is C40H58ClN3O8S2. The standard InChI is InChI=1S/C40H58ClN3O8S2/c1-22(2)31(54-53-11)15-16-33(45)43(9)27(7)37(47)51-32-20-34(46)44(10)29-19-28(18-24(4)35(29)41)17-23(3)13-12-14-25(5)40(49)21-30(50-38(48)42-40)26(6)36-39(32,8)52-36/h12-14,18-19,22,25-27,30-32,36,49H,15-17,20-21H2,1-11H3,(H,42,48)/b14-12+,23-13+/t25-,26-,27+,30+,31?,32+,36+,39+,40+/m1/s1. The molecule has 14 heteroatoms. The molecule has 3 amide bonds. The quantitative estimate of drug-likeness (QED) is 0.149. The highest BCUT2D eigenvalue weighted by Crippen LogP contribution is 2.49. The van der Waals surface area contributed by atoms with E-state index in [9.17, 15) is 24.3 Å². The highest BCUT2D eigenvalue weighted by molar-refractivity contribution is 8.76. The van der Waals surface area contributed by atoms with Gasteiger partial charge in [-0.3, -0.25) is 14.9 Å². The molecule has 4 bridgehead atoms. The van der Waals surface area contributed by atoms with E-state index in [0.717, 1.165) is 16.7 Å². The number of likely N-dealkylation sites (N-methyl/N-ethyl adjacent to an activating group) is 1. The van der Waals surface area contributed by atoms with Crippen molar-refractivity contribution in [1.29, 1.82) is 0 Å². The number of hydrogen-bond acceptors (Lipinski definition) is 10. The lowest BCUT2D eigenvalue weighted by molar-refractivity contribution is -0.162. The molecule has 1 aromatic carbocycles. The third-order valence-corrected chi connectivity index (χ3v) is 14.3. The van der Waals surface area contributed by atoms with Gasteiger partial charge in [0.25, 0.3) is 0 Å². The first-order valence-electron chi connectivity index (χ1n) is 18.7. The molecule has 3 aliphatic heterocycles. The van der Waals surface area contributed by atoms with Gasteiger partial charge in [-0.25, -0.2) is 9.59 Å². The van der Waals surface area contributed by atoms with Crippen LogP contribution >= 0.6 is 33.2 Å². The fraction of sp³-hybridized carbons (Fsp3) is 0.650. The minimum Gasteiger partial charge on any atom is -0.457 e. The lowest BCUT2D eigenvalue weighted by atomic mass is 9.82. The van der Waals surface area contributed by atoms with Crippen LogP contribution in [-0.2, 0) is 35.0 Å². The summed E-state index contributed by atoms with van der Waals surface area (Å²) in [5.41, 5.74) is 0.555. The zero-order valence-corrected chi connectivity index (χ0v) is 35.8. The number of halogens is 1. The zero-order chi connectivity index (χ0) is 40.3. The van der Waals surface area contributed by atoms with Gasteiger partial charge in [0, 0.05) is 44.0 Å². The van der Waals surface area contributed by atoms with Gasteiger partial charge in [-0.2, -0.15) is 0 Å². The molecule has 0 radical (unpaired) electrons. The smallest absolute Gasteiger partial charge is 0.409 e. The molecule has 3 aliphatic rings. The van der Waals surface area contributed by atoms with Crippen molar-refractivity contribution in [2.24, 2.45) is 17.8 Å².